The highest BCUT2D eigenvalue weighted by Crippen LogP contribution is 2.21. The summed E-state index contributed by atoms with van der Waals surface area (Å²) in [6.45, 7) is 0. The summed E-state index contributed by atoms with van der Waals surface area (Å²) in [6.07, 6.45) is 1.41. The number of rotatable bonds is 3. The standard InChI is InChI=1S/C20H13N5O/c21-12-16-13-22-25(18-11-10-14-6-4-5-9-17(14)23-18)19(16)24-20(26)15-7-2-1-3-8-15/h1-11,13H,(H,24,26). The summed E-state index contributed by atoms with van der Waals surface area (Å²) in [4.78, 5) is 17.1. The summed E-state index contributed by atoms with van der Waals surface area (Å²) >= 11 is 0. The van der Waals surface area contributed by atoms with Gasteiger partial charge >= 0.3 is 0 Å². The number of hydrogen-bond donors (Lipinski definition) is 1. The Morgan fingerprint density at radius 2 is 1.77 bits per heavy atom. The number of nitrogens with zero attached hydrogens (tertiary/aromatic N) is 4. The highest BCUT2D eigenvalue weighted by atomic mass is 16.1. The van der Waals surface area contributed by atoms with E-state index in [-0.39, 0.29) is 11.5 Å². The third-order valence-electron chi connectivity index (χ3n) is 3.96. The van der Waals surface area contributed by atoms with Gasteiger partial charge in [-0.3, -0.25) is 4.79 Å². The lowest BCUT2D eigenvalue weighted by molar-refractivity contribution is 0.102. The highest BCUT2D eigenvalue weighted by Gasteiger charge is 2.17. The maximum Gasteiger partial charge on any atom is 0.256 e. The lowest BCUT2D eigenvalue weighted by atomic mass is 10.2. The molecule has 0 atom stereocenters. The van der Waals surface area contributed by atoms with E-state index in [1.54, 1.807) is 30.3 Å². The number of aromatic nitrogens is 3. The average Bonchev–Trinajstić information content (AvgIpc) is 3.10. The van der Waals surface area contributed by atoms with Crippen molar-refractivity contribution in [1.82, 2.24) is 14.8 Å². The van der Waals surface area contributed by atoms with Crippen LogP contribution in [0.25, 0.3) is 16.7 Å². The molecule has 0 aliphatic carbocycles. The van der Waals surface area contributed by atoms with Crippen LogP contribution in [0.4, 0.5) is 5.82 Å². The van der Waals surface area contributed by atoms with Gasteiger partial charge in [0.05, 0.1) is 11.7 Å². The summed E-state index contributed by atoms with van der Waals surface area (Å²) in [7, 11) is 0. The van der Waals surface area contributed by atoms with Crippen molar-refractivity contribution in [3.8, 4) is 11.9 Å². The van der Waals surface area contributed by atoms with Crippen molar-refractivity contribution >= 4 is 22.6 Å². The Morgan fingerprint density at radius 3 is 2.58 bits per heavy atom. The topological polar surface area (TPSA) is 83.6 Å². The molecule has 4 aromatic rings. The predicted octanol–water partition coefficient (Wildman–Crippen LogP) is 3.54. The molecule has 0 bridgehead atoms. The van der Waals surface area contributed by atoms with E-state index >= 15 is 0 Å². The van der Waals surface area contributed by atoms with Crippen molar-refractivity contribution in [2.45, 2.75) is 0 Å². The fourth-order valence-corrected chi connectivity index (χ4v) is 2.67. The number of hydrogen-bond acceptors (Lipinski definition) is 4. The molecule has 4 rings (SSSR count). The summed E-state index contributed by atoms with van der Waals surface area (Å²) in [5.74, 6) is 0.502. The molecule has 26 heavy (non-hydrogen) atoms. The van der Waals surface area contributed by atoms with Crippen LogP contribution >= 0.6 is 0 Å². The van der Waals surface area contributed by atoms with Crippen molar-refractivity contribution in [1.29, 1.82) is 5.26 Å². The van der Waals surface area contributed by atoms with Gasteiger partial charge in [-0.05, 0) is 30.3 Å². The molecule has 0 saturated carbocycles. The van der Waals surface area contributed by atoms with Gasteiger partial charge in [-0.25, -0.2) is 4.98 Å². The molecule has 0 fully saturated rings. The third-order valence-corrected chi connectivity index (χ3v) is 3.96. The van der Waals surface area contributed by atoms with Crippen LogP contribution < -0.4 is 5.32 Å². The molecule has 0 radical (unpaired) electrons. The molecule has 0 spiro atoms. The second-order valence-corrected chi connectivity index (χ2v) is 5.61. The first-order chi connectivity index (χ1) is 12.8. The number of carbonyl (C=O) groups excluding carboxylic acids is 1. The fourth-order valence-electron chi connectivity index (χ4n) is 2.67. The second-order valence-electron chi connectivity index (χ2n) is 5.61. The number of para-hydroxylation sites is 1. The molecular formula is C20H13N5O. The quantitative estimate of drug-likeness (QED) is 0.619. The van der Waals surface area contributed by atoms with Crippen LogP contribution in [0.3, 0.4) is 0 Å². The van der Waals surface area contributed by atoms with Gasteiger partial charge in [0.1, 0.15) is 11.6 Å². The molecule has 124 valence electrons. The summed E-state index contributed by atoms with van der Waals surface area (Å²) in [6, 6.07) is 22.3. The van der Waals surface area contributed by atoms with E-state index in [1.807, 2.05) is 36.4 Å². The van der Waals surface area contributed by atoms with E-state index in [1.165, 1.54) is 10.9 Å². The molecule has 0 unspecified atom stereocenters. The Labute approximate surface area is 149 Å². The van der Waals surface area contributed by atoms with Gasteiger partial charge < -0.3 is 5.32 Å². The lowest BCUT2D eigenvalue weighted by Crippen LogP contribution is -2.16. The summed E-state index contributed by atoms with van der Waals surface area (Å²) < 4.78 is 1.46. The van der Waals surface area contributed by atoms with E-state index in [0.29, 0.717) is 17.2 Å². The molecule has 2 heterocycles. The monoisotopic (exact) mass is 339 g/mol. The molecule has 1 amide bonds. The van der Waals surface area contributed by atoms with Crippen LogP contribution in [-0.2, 0) is 0 Å². The van der Waals surface area contributed by atoms with Gasteiger partial charge in [-0.1, -0.05) is 36.4 Å². The molecule has 1 N–H and O–H groups in total. The van der Waals surface area contributed by atoms with E-state index in [9.17, 15) is 10.1 Å². The van der Waals surface area contributed by atoms with E-state index < -0.39 is 0 Å². The zero-order chi connectivity index (χ0) is 17.9. The number of anilines is 1. The molecule has 0 saturated heterocycles. The van der Waals surface area contributed by atoms with Crippen molar-refractivity contribution in [3.05, 3.63) is 84.1 Å². The van der Waals surface area contributed by atoms with Crippen molar-refractivity contribution in [2.75, 3.05) is 5.32 Å². The number of fused-ring (bicyclic) bond motifs is 1. The van der Waals surface area contributed by atoms with Gasteiger partial charge in [0.25, 0.3) is 5.91 Å². The number of nitrogens with one attached hydrogen (secondary N) is 1. The number of carbonyl (C=O) groups is 1. The van der Waals surface area contributed by atoms with Gasteiger partial charge in [-0.2, -0.15) is 15.0 Å². The fraction of sp³-hybridized carbons (Fsp3) is 0. The number of pyridine rings is 1. The zero-order valence-corrected chi connectivity index (χ0v) is 13.6. The van der Waals surface area contributed by atoms with E-state index in [4.69, 9.17) is 0 Å². The number of benzene rings is 2. The predicted molar refractivity (Wildman–Crippen MR) is 98.0 cm³/mol. The molecule has 6 heteroatoms. The molecular weight excluding hydrogens is 326 g/mol. The number of nitriles is 1. The first-order valence-corrected chi connectivity index (χ1v) is 7.97. The largest absolute Gasteiger partial charge is 0.305 e. The minimum atomic E-state index is -0.315. The SMILES string of the molecule is N#Cc1cnn(-c2ccc3ccccc3n2)c1NC(=O)c1ccccc1. The van der Waals surface area contributed by atoms with Crippen molar-refractivity contribution in [3.63, 3.8) is 0 Å². The van der Waals surface area contributed by atoms with E-state index in [2.05, 4.69) is 21.5 Å². The van der Waals surface area contributed by atoms with Crippen LogP contribution in [0.5, 0.6) is 0 Å². The van der Waals surface area contributed by atoms with Crippen molar-refractivity contribution < 1.29 is 4.79 Å². The highest BCUT2D eigenvalue weighted by molar-refractivity contribution is 6.04. The van der Waals surface area contributed by atoms with Gasteiger partial charge in [0.15, 0.2) is 11.6 Å². The van der Waals surface area contributed by atoms with Crippen molar-refractivity contribution in [2.24, 2.45) is 0 Å². The molecule has 6 nitrogen and oxygen atoms in total. The third kappa shape index (κ3) is 2.78. The maximum atomic E-state index is 12.5. The summed E-state index contributed by atoms with van der Waals surface area (Å²) in [5, 5.41) is 17.4. The molecule has 0 aliphatic heterocycles. The minimum Gasteiger partial charge on any atom is -0.305 e. The maximum absolute atomic E-state index is 12.5. The summed E-state index contributed by atoms with van der Waals surface area (Å²) in [5.41, 5.74) is 1.57. The molecule has 0 aliphatic rings. The van der Waals surface area contributed by atoms with Gasteiger partial charge in [0.2, 0.25) is 0 Å². The zero-order valence-electron chi connectivity index (χ0n) is 13.6. The Morgan fingerprint density at radius 1 is 1.00 bits per heavy atom. The smallest absolute Gasteiger partial charge is 0.256 e. The van der Waals surface area contributed by atoms with Crippen LogP contribution in [0, 0.1) is 11.3 Å². The molecule has 2 aromatic carbocycles. The van der Waals surface area contributed by atoms with Crippen LogP contribution in [0.2, 0.25) is 0 Å². The van der Waals surface area contributed by atoms with Gasteiger partial charge in [0, 0.05) is 10.9 Å². The normalized spacial score (nSPS) is 10.4. The van der Waals surface area contributed by atoms with Crippen LogP contribution in [-0.4, -0.2) is 20.7 Å². The molecule has 2 aromatic heterocycles. The Kier molecular flexibility index (Phi) is 3.88. The lowest BCUT2D eigenvalue weighted by Gasteiger charge is -2.09. The first kappa shape index (κ1) is 15.5. The Hall–Kier alpha value is -3.98. The van der Waals surface area contributed by atoms with Gasteiger partial charge in [-0.15, -0.1) is 0 Å². The minimum absolute atomic E-state index is 0.268. The van der Waals surface area contributed by atoms with Crippen LogP contribution in [0.1, 0.15) is 15.9 Å². The van der Waals surface area contributed by atoms with Crippen LogP contribution in [0.15, 0.2) is 72.9 Å². The Balaban J connectivity index is 1.76. The Bertz CT molecular complexity index is 1140. The average molecular weight is 339 g/mol. The second kappa shape index (κ2) is 6.49. The van der Waals surface area contributed by atoms with E-state index in [0.717, 1.165) is 10.9 Å². The first-order valence-electron chi connectivity index (χ1n) is 7.97. The number of amides is 1.